The molecule has 0 unspecified atom stereocenters. The highest BCUT2D eigenvalue weighted by molar-refractivity contribution is 7.92. The average Bonchev–Trinajstić information content (AvgIpc) is 2.94. The molecule has 0 atom stereocenters. The molecule has 0 saturated carbocycles. The van der Waals surface area contributed by atoms with Gasteiger partial charge < -0.3 is 5.11 Å². The highest BCUT2D eigenvalue weighted by Gasteiger charge is 2.27. The molecule has 0 radical (unpaired) electrons. The van der Waals surface area contributed by atoms with Crippen LogP contribution >= 0.6 is 0 Å². The van der Waals surface area contributed by atoms with Crippen molar-refractivity contribution in [2.45, 2.75) is 5.03 Å². The molecule has 2 aromatic heterocycles. The summed E-state index contributed by atoms with van der Waals surface area (Å²) in [4.78, 5) is 15.3. The van der Waals surface area contributed by atoms with Crippen LogP contribution in [0.3, 0.4) is 0 Å². The number of benzene rings is 1. The van der Waals surface area contributed by atoms with Gasteiger partial charge in [0.25, 0.3) is 10.0 Å². The molecule has 0 fully saturated rings. The third-order valence-electron chi connectivity index (χ3n) is 3.44. The Bertz CT molecular complexity index is 980. The lowest BCUT2D eigenvalue weighted by Gasteiger charge is -2.22. The van der Waals surface area contributed by atoms with Gasteiger partial charge in [-0.1, -0.05) is 24.3 Å². The summed E-state index contributed by atoms with van der Waals surface area (Å²) in [6.07, 6.45) is 1.37. The van der Waals surface area contributed by atoms with E-state index in [1.165, 1.54) is 25.4 Å². The molecule has 0 aliphatic carbocycles. The predicted octanol–water partition coefficient (Wildman–Crippen LogP) is 1.69. The van der Waals surface area contributed by atoms with Crippen LogP contribution in [0.5, 0.6) is 0 Å². The number of aromatic nitrogens is 2. The van der Waals surface area contributed by atoms with Crippen molar-refractivity contribution >= 4 is 26.9 Å². The fraction of sp³-hybridized carbons (Fsp3) is 0.0667. The van der Waals surface area contributed by atoms with Crippen LogP contribution in [0.2, 0.25) is 0 Å². The van der Waals surface area contributed by atoms with Crippen LogP contribution < -0.4 is 4.41 Å². The summed E-state index contributed by atoms with van der Waals surface area (Å²) >= 11 is 0. The van der Waals surface area contributed by atoms with Gasteiger partial charge in [-0.3, -0.25) is 0 Å². The second-order valence-electron chi connectivity index (χ2n) is 4.81. The van der Waals surface area contributed by atoms with Crippen molar-refractivity contribution in [3.05, 3.63) is 60.4 Å². The molecule has 3 aromatic rings. The lowest BCUT2D eigenvalue weighted by Crippen LogP contribution is -2.38. The third-order valence-corrected chi connectivity index (χ3v) is 5.07. The van der Waals surface area contributed by atoms with Crippen molar-refractivity contribution in [3.8, 4) is 0 Å². The van der Waals surface area contributed by atoms with Gasteiger partial charge in [0.2, 0.25) is 0 Å². The zero-order valence-corrected chi connectivity index (χ0v) is 12.9. The first-order valence-corrected chi connectivity index (χ1v) is 8.11. The number of nitrogens with zero attached hydrogens (tertiary/aromatic N) is 3. The number of carbonyl (C=O) groups is 1. The van der Waals surface area contributed by atoms with E-state index in [1.807, 2.05) is 0 Å². The number of pyridine rings is 1. The van der Waals surface area contributed by atoms with Crippen LogP contribution in [0.1, 0.15) is 10.5 Å². The number of para-hydroxylation sites is 1. The number of carboxylic acids is 1. The van der Waals surface area contributed by atoms with Crippen molar-refractivity contribution in [1.29, 1.82) is 0 Å². The molecule has 0 saturated heterocycles. The maximum atomic E-state index is 12.7. The molecule has 0 bridgehead atoms. The van der Waals surface area contributed by atoms with Gasteiger partial charge in [-0.2, -0.15) is 8.42 Å². The lowest BCUT2D eigenvalue weighted by atomic mass is 10.2. The van der Waals surface area contributed by atoms with Gasteiger partial charge in [-0.15, -0.1) is 0 Å². The van der Waals surface area contributed by atoms with Crippen LogP contribution in [0.15, 0.2) is 59.8 Å². The largest absolute Gasteiger partial charge is 0.477 e. The summed E-state index contributed by atoms with van der Waals surface area (Å²) in [6, 6.07) is 12.8. The van der Waals surface area contributed by atoms with Crippen molar-refractivity contribution < 1.29 is 18.3 Å². The van der Waals surface area contributed by atoms with E-state index in [-0.39, 0.29) is 10.7 Å². The molecule has 23 heavy (non-hydrogen) atoms. The molecular formula is C15H13N3O4S. The summed E-state index contributed by atoms with van der Waals surface area (Å²) in [7, 11) is -2.69. The van der Waals surface area contributed by atoms with E-state index >= 15 is 0 Å². The number of hydrogen-bond acceptors (Lipinski definition) is 4. The van der Waals surface area contributed by atoms with Gasteiger partial charge in [0.1, 0.15) is 5.69 Å². The molecule has 7 nitrogen and oxygen atoms in total. The van der Waals surface area contributed by atoms with Crippen LogP contribution in [0.25, 0.3) is 10.9 Å². The molecule has 0 aliphatic rings. The molecule has 8 heteroatoms. The molecule has 1 aromatic carbocycles. The first-order valence-electron chi connectivity index (χ1n) is 6.67. The topological polar surface area (TPSA) is 92.5 Å². The summed E-state index contributed by atoms with van der Waals surface area (Å²) in [5.41, 5.74) is 0.333. The monoisotopic (exact) mass is 331 g/mol. The Morgan fingerprint density at radius 1 is 1.17 bits per heavy atom. The number of fused-ring (bicyclic) bond motifs is 1. The highest BCUT2D eigenvalue weighted by Crippen LogP contribution is 2.22. The average molecular weight is 331 g/mol. The minimum Gasteiger partial charge on any atom is -0.477 e. The van der Waals surface area contributed by atoms with Gasteiger partial charge in [0.05, 0.1) is 5.52 Å². The highest BCUT2D eigenvalue weighted by atomic mass is 32.2. The van der Waals surface area contributed by atoms with E-state index in [0.29, 0.717) is 10.9 Å². The second kappa shape index (κ2) is 5.40. The number of aromatic carboxylic acids is 1. The first-order chi connectivity index (χ1) is 10.9. The lowest BCUT2D eigenvalue weighted by molar-refractivity contribution is 0.0686. The Kier molecular flexibility index (Phi) is 3.53. The SMILES string of the molecule is CN(n1c(C(=O)O)cc2ccccc21)S(=O)(=O)c1ccccn1. The standard InChI is InChI=1S/C15H13N3O4S/c1-17(23(21,22)14-8-4-5-9-16-14)18-12-7-3-2-6-11(12)10-13(18)15(19)20/h2-10H,1H3,(H,19,20). The third kappa shape index (κ3) is 2.42. The van der Waals surface area contributed by atoms with Crippen molar-refractivity contribution in [2.75, 3.05) is 11.5 Å². The molecule has 1 N–H and O–H groups in total. The minimum absolute atomic E-state index is 0.145. The van der Waals surface area contributed by atoms with Gasteiger partial charge in [-0.25, -0.2) is 18.9 Å². The van der Waals surface area contributed by atoms with Gasteiger partial charge in [0, 0.05) is 18.6 Å². The Balaban J connectivity index is 2.24. The predicted molar refractivity (Wildman–Crippen MR) is 84.5 cm³/mol. The van der Waals surface area contributed by atoms with Crippen molar-refractivity contribution in [3.63, 3.8) is 0 Å². The van der Waals surface area contributed by atoms with Gasteiger partial charge in [0.15, 0.2) is 5.03 Å². The van der Waals surface area contributed by atoms with Crippen LogP contribution in [-0.4, -0.2) is 36.2 Å². The summed E-state index contributed by atoms with van der Waals surface area (Å²) < 4.78 is 27.4. The second-order valence-corrected chi connectivity index (χ2v) is 6.71. The maximum Gasteiger partial charge on any atom is 0.354 e. The Labute approximate surface area is 132 Å². The Morgan fingerprint density at radius 2 is 1.87 bits per heavy atom. The molecular weight excluding hydrogens is 318 g/mol. The molecule has 118 valence electrons. The van der Waals surface area contributed by atoms with E-state index in [1.54, 1.807) is 36.4 Å². The van der Waals surface area contributed by atoms with E-state index in [0.717, 1.165) is 9.09 Å². The number of sulfonamides is 1. The van der Waals surface area contributed by atoms with Gasteiger partial charge in [-0.05, 0) is 24.3 Å². The number of hydrogen-bond donors (Lipinski definition) is 1. The van der Waals surface area contributed by atoms with E-state index in [9.17, 15) is 18.3 Å². The smallest absolute Gasteiger partial charge is 0.354 e. The van der Waals surface area contributed by atoms with Crippen LogP contribution in [-0.2, 0) is 10.0 Å². The molecule has 0 aliphatic heterocycles. The molecule has 0 spiro atoms. The maximum absolute atomic E-state index is 12.7. The van der Waals surface area contributed by atoms with E-state index in [2.05, 4.69) is 4.98 Å². The van der Waals surface area contributed by atoms with Crippen LogP contribution in [0.4, 0.5) is 0 Å². The van der Waals surface area contributed by atoms with Crippen LogP contribution in [0, 0.1) is 0 Å². The normalized spacial score (nSPS) is 11.5. The number of rotatable bonds is 4. The fourth-order valence-electron chi connectivity index (χ4n) is 2.34. The number of carboxylic acid groups (broad SMARTS) is 1. The molecule has 3 rings (SSSR count). The summed E-state index contributed by atoms with van der Waals surface area (Å²) in [5.74, 6) is -1.22. The Morgan fingerprint density at radius 3 is 2.52 bits per heavy atom. The van der Waals surface area contributed by atoms with Gasteiger partial charge >= 0.3 is 5.97 Å². The quantitative estimate of drug-likeness (QED) is 0.785. The van der Waals surface area contributed by atoms with Crippen molar-refractivity contribution in [1.82, 2.24) is 9.66 Å². The fourth-order valence-corrected chi connectivity index (χ4v) is 3.45. The molecule has 0 amide bonds. The minimum atomic E-state index is -3.99. The summed E-state index contributed by atoms with van der Waals surface area (Å²) in [6.45, 7) is 0. The van der Waals surface area contributed by atoms with E-state index in [4.69, 9.17) is 0 Å². The summed E-state index contributed by atoms with van der Waals surface area (Å²) in [5, 5.41) is 9.87. The zero-order chi connectivity index (χ0) is 16.6. The van der Waals surface area contributed by atoms with E-state index < -0.39 is 16.0 Å². The molecule has 2 heterocycles. The first kappa shape index (κ1) is 15.0. The Hall–Kier alpha value is -2.87. The van der Waals surface area contributed by atoms with Crippen molar-refractivity contribution in [2.24, 2.45) is 0 Å². The zero-order valence-electron chi connectivity index (χ0n) is 12.1.